The first kappa shape index (κ1) is 20.0. The van der Waals surface area contributed by atoms with E-state index in [4.69, 9.17) is 0 Å². The fourth-order valence-corrected chi connectivity index (χ4v) is 2.75. The predicted molar refractivity (Wildman–Crippen MR) is 96.5 cm³/mol. The first-order valence-corrected chi connectivity index (χ1v) is 8.56. The molecule has 10 heteroatoms. The Morgan fingerprint density at radius 1 is 1.38 bits per heavy atom. The normalized spacial score (nSPS) is 13.3. The first-order valence-electron chi connectivity index (χ1n) is 7.76. The zero-order valence-corrected chi connectivity index (χ0v) is 15.8. The predicted octanol–water partition coefficient (Wildman–Crippen LogP) is 1.38. The number of halogens is 1. The summed E-state index contributed by atoms with van der Waals surface area (Å²) in [6.07, 6.45) is -1.21. The van der Waals surface area contributed by atoms with Crippen LogP contribution in [-0.2, 0) is 11.3 Å². The minimum Gasteiger partial charge on any atom is -0.394 e. The van der Waals surface area contributed by atoms with Gasteiger partial charge in [0.1, 0.15) is 12.6 Å². The second-order valence-electron chi connectivity index (χ2n) is 5.79. The number of nitrogens with one attached hydrogen (secondary N) is 1. The van der Waals surface area contributed by atoms with E-state index in [2.05, 4.69) is 26.3 Å². The van der Waals surface area contributed by atoms with Gasteiger partial charge in [0.05, 0.1) is 33.4 Å². The summed E-state index contributed by atoms with van der Waals surface area (Å²) >= 11 is 3.38. The number of amides is 1. The number of aliphatic hydroxyl groups is 2. The molecule has 3 N–H and O–H groups in total. The van der Waals surface area contributed by atoms with E-state index in [1.165, 1.54) is 28.9 Å². The van der Waals surface area contributed by atoms with Gasteiger partial charge >= 0.3 is 0 Å². The van der Waals surface area contributed by atoms with Crippen LogP contribution in [0.1, 0.15) is 23.1 Å². The van der Waals surface area contributed by atoms with Gasteiger partial charge in [-0.15, -0.1) is 0 Å². The van der Waals surface area contributed by atoms with Gasteiger partial charge in [0.2, 0.25) is 5.91 Å². The molecule has 0 aliphatic carbocycles. The third kappa shape index (κ3) is 4.45. The number of non-ortho nitro benzene ring substituents is 1. The lowest BCUT2D eigenvalue weighted by atomic mass is 10.0. The molecule has 2 unspecified atom stereocenters. The Bertz CT molecular complexity index is 806. The highest BCUT2D eigenvalue weighted by Gasteiger charge is 2.23. The monoisotopic (exact) mass is 426 g/mol. The molecule has 26 heavy (non-hydrogen) atoms. The first-order chi connectivity index (χ1) is 12.2. The van der Waals surface area contributed by atoms with Crippen LogP contribution in [0.15, 0.2) is 28.7 Å². The second kappa shape index (κ2) is 8.39. The van der Waals surface area contributed by atoms with Crippen LogP contribution in [0, 0.1) is 24.0 Å². The van der Waals surface area contributed by atoms with E-state index in [1.54, 1.807) is 6.92 Å². The Morgan fingerprint density at radius 2 is 2.00 bits per heavy atom. The molecule has 0 bridgehead atoms. The number of hydrogen-bond acceptors (Lipinski definition) is 6. The van der Waals surface area contributed by atoms with E-state index < -0.39 is 29.6 Å². The van der Waals surface area contributed by atoms with Gasteiger partial charge in [-0.1, -0.05) is 0 Å². The molecule has 2 rings (SSSR count). The van der Waals surface area contributed by atoms with E-state index in [0.717, 1.165) is 15.9 Å². The Labute approximate surface area is 157 Å². The van der Waals surface area contributed by atoms with Gasteiger partial charge in [0.25, 0.3) is 5.69 Å². The molecule has 0 spiro atoms. The molecule has 140 valence electrons. The smallest absolute Gasteiger partial charge is 0.269 e. The Hall–Kier alpha value is -2.30. The molecule has 1 aromatic carbocycles. The maximum atomic E-state index is 12.2. The van der Waals surface area contributed by atoms with Gasteiger partial charge in [-0.05, 0) is 47.5 Å². The van der Waals surface area contributed by atoms with E-state index in [-0.39, 0.29) is 12.2 Å². The van der Waals surface area contributed by atoms with Crippen molar-refractivity contribution in [2.75, 3.05) is 6.61 Å². The zero-order chi connectivity index (χ0) is 19.4. The number of aromatic nitrogens is 2. The highest BCUT2D eigenvalue weighted by atomic mass is 79.9. The highest BCUT2D eigenvalue weighted by molar-refractivity contribution is 9.10. The number of hydrogen-bond donors (Lipinski definition) is 3. The molecule has 0 fully saturated rings. The van der Waals surface area contributed by atoms with Crippen molar-refractivity contribution in [2.45, 2.75) is 32.5 Å². The van der Waals surface area contributed by atoms with Crippen LogP contribution in [0.5, 0.6) is 0 Å². The molecule has 0 radical (unpaired) electrons. The Kier molecular flexibility index (Phi) is 6.46. The van der Waals surface area contributed by atoms with Gasteiger partial charge in [0, 0.05) is 12.1 Å². The van der Waals surface area contributed by atoms with Crippen molar-refractivity contribution in [3.8, 4) is 0 Å². The number of carbonyl (C=O) groups is 1. The summed E-state index contributed by atoms with van der Waals surface area (Å²) in [5.41, 5.74) is 1.78. The van der Waals surface area contributed by atoms with Crippen LogP contribution in [0.3, 0.4) is 0 Å². The van der Waals surface area contributed by atoms with Gasteiger partial charge < -0.3 is 15.5 Å². The van der Waals surface area contributed by atoms with Gasteiger partial charge in [0.15, 0.2) is 0 Å². The lowest BCUT2D eigenvalue weighted by Crippen LogP contribution is -2.43. The molecule has 1 aromatic heterocycles. The molecule has 0 aliphatic heterocycles. The van der Waals surface area contributed by atoms with Gasteiger partial charge in [-0.3, -0.25) is 19.6 Å². The summed E-state index contributed by atoms with van der Waals surface area (Å²) in [5.74, 6) is -0.428. The average Bonchev–Trinajstić information content (AvgIpc) is 2.86. The SMILES string of the molecule is Cc1nn(CC(=O)NC(CO)C(O)c2ccc([N+](=O)[O-])cc2)c(C)c1Br. The van der Waals surface area contributed by atoms with E-state index in [9.17, 15) is 25.1 Å². The Balaban J connectivity index is 2.06. The lowest BCUT2D eigenvalue weighted by molar-refractivity contribution is -0.384. The van der Waals surface area contributed by atoms with Crippen molar-refractivity contribution in [3.05, 3.63) is 55.8 Å². The number of benzene rings is 1. The number of nitro groups is 1. The molecule has 2 aromatic rings. The van der Waals surface area contributed by atoms with Crippen molar-refractivity contribution in [3.63, 3.8) is 0 Å². The fraction of sp³-hybridized carbons (Fsp3) is 0.375. The number of aliphatic hydroxyl groups excluding tert-OH is 2. The van der Waals surface area contributed by atoms with Crippen molar-refractivity contribution in [1.82, 2.24) is 15.1 Å². The second-order valence-corrected chi connectivity index (χ2v) is 6.59. The summed E-state index contributed by atoms with van der Waals surface area (Å²) in [6.45, 7) is 3.05. The molecule has 1 heterocycles. The minimum atomic E-state index is -1.21. The van der Waals surface area contributed by atoms with Crippen molar-refractivity contribution >= 4 is 27.5 Å². The molecule has 9 nitrogen and oxygen atoms in total. The number of aryl methyl sites for hydroxylation is 1. The minimum absolute atomic E-state index is 0.0677. The molecule has 2 atom stereocenters. The molecule has 0 saturated carbocycles. The number of rotatable bonds is 7. The van der Waals surface area contributed by atoms with Gasteiger partial charge in [-0.2, -0.15) is 5.10 Å². The molecular weight excluding hydrogens is 408 g/mol. The summed E-state index contributed by atoms with van der Waals surface area (Å²) in [5, 5.41) is 37.3. The lowest BCUT2D eigenvalue weighted by Gasteiger charge is -2.22. The molecular formula is C16H19BrN4O5. The highest BCUT2D eigenvalue weighted by Crippen LogP contribution is 2.21. The molecule has 0 aliphatic rings. The Morgan fingerprint density at radius 3 is 2.46 bits per heavy atom. The number of nitro benzene ring substituents is 1. The van der Waals surface area contributed by atoms with Crippen LogP contribution < -0.4 is 5.32 Å². The maximum Gasteiger partial charge on any atom is 0.269 e. The third-order valence-corrected chi connectivity index (χ3v) is 5.10. The van der Waals surface area contributed by atoms with Crippen LogP contribution in [0.25, 0.3) is 0 Å². The van der Waals surface area contributed by atoms with Crippen LogP contribution in [0.2, 0.25) is 0 Å². The van der Waals surface area contributed by atoms with E-state index >= 15 is 0 Å². The van der Waals surface area contributed by atoms with Gasteiger partial charge in [-0.25, -0.2) is 0 Å². The quantitative estimate of drug-likeness (QED) is 0.452. The zero-order valence-electron chi connectivity index (χ0n) is 14.2. The fourth-order valence-electron chi connectivity index (χ4n) is 2.47. The number of carbonyl (C=O) groups excluding carboxylic acids is 1. The summed E-state index contributed by atoms with van der Waals surface area (Å²) in [4.78, 5) is 22.4. The van der Waals surface area contributed by atoms with Crippen LogP contribution in [0.4, 0.5) is 5.69 Å². The topological polar surface area (TPSA) is 131 Å². The largest absolute Gasteiger partial charge is 0.394 e. The summed E-state index contributed by atoms with van der Waals surface area (Å²) in [6, 6.07) is 4.32. The summed E-state index contributed by atoms with van der Waals surface area (Å²) < 4.78 is 2.33. The van der Waals surface area contributed by atoms with Crippen molar-refractivity contribution in [2.24, 2.45) is 0 Å². The van der Waals surface area contributed by atoms with Crippen molar-refractivity contribution in [1.29, 1.82) is 0 Å². The molecule has 1 amide bonds. The van der Waals surface area contributed by atoms with Crippen LogP contribution >= 0.6 is 15.9 Å². The third-order valence-electron chi connectivity index (χ3n) is 3.96. The van der Waals surface area contributed by atoms with Crippen LogP contribution in [-0.4, -0.2) is 43.5 Å². The average molecular weight is 427 g/mol. The number of nitrogens with zero attached hydrogens (tertiary/aromatic N) is 3. The van der Waals surface area contributed by atoms with E-state index in [1.807, 2.05) is 6.92 Å². The molecule has 0 saturated heterocycles. The van der Waals surface area contributed by atoms with Crippen molar-refractivity contribution < 1.29 is 19.9 Å². The van der Waals surface area contributed by atoms with E-state index in [0.29, 0.717) is 5.56 Å². The maximum absolute atomic E-state index is 12.2. The standard InChI is InChI=1S/C16H19BrN4O5/c1-9-15(17)10(2)20(19-9)7-14(23)18-13(8-22)16(24)11-3-5-12(6-4-11)21(25)26/h3-6,13,16,22,24H,7-8H2,1-2H3,(H,18,23). The summed E-state index contributed by atoms with van der Waals surface area (Å²) in [7, 11) is 0.